The molecule has 1 atom stereocenters. The lowest BCUT2D eigenvalue weighted by atomic mass is 9.79. The van der Waals surface area contributed by atoms with Gasteiger partial charge in [-0.3, -0.25) is 0 Å². The zero-order valence-corrected chi connectivity index (χ0v) is 12.8. The highest BCUT2D eigenvalue weighted by Gasteiger charge is 2.38. The molecule has 0 amide bonds. The number of rotatable bonds is 7. The standard InChI is InChI=1S/C16H27FN2/c1-6-16(7-2,19(4)5)15(18-8-3)13-9-11-14(17)12-10-13/h9-12,15,18H,6-8H2,1-5H3. The monoisotopic (exact) mass is 266 g/mol. The largest absolute Gasteiger partial charge is 0.309 e. The van der Waals surface area contributed by atoms with Gasteiger partial charge in [0, 0.05) is 5.54 Å². The Labute approximate surface area is 117 Å². The molecule has 0 radical (unpaired) electrons. The molecular weight excluding hydrogens is 239 g/mol. The van der Waals surface area contributed by atoms with Crippen LogP contribution in [-0.2, 0) is 0 Å². The third-order valence-corrected chi connectivity index (χ3v) is 4.26. The van der Waals surface area contributed by atoms with E-state index in [1.54, 1.807) is 12.1 Å². The zero-order chi connectivity index (χ0) is 14.5. The first kappa shape index (κ1) is 16.1. The van der Waals surface area contributed by atoms with Gasteiger partial charge in [0.05, 0.1) is 6.04 Å². The number of likely N-dealkylation sites (N-methyl/N-ethyl adjacent to an activating group) is 2. The molecule has 1 N–H and O–H groups in total. The van der Waals surface area contributed by atoms with Crippen LogP contribution in [0.3, 0.4) is 0 Å². The fraction of sp³-hybridized carbons (Fsp3) is 0.625. The second-order valence-corrected chi connectivity index (χ2v) is 5.25. The Morgan fingerprint density at radius 2 is 1.63 bits per heavy atom. The van der Waals surface area contributed by atoms with Crippen molar-refractivity contribution in [3.05, 3.63) is 35.6 Å². The van der Waals surface area contributed by atoms with Gasteiger partial charge in [0.25, 0.3) is 0 Å². The molecule has 0 aliphatic heterocycles. The first-order chi connectivity index (χ1) is 9.01. The van der Waals surface area contributed by atoms with Crippen molar-refractivity contribution < 1.29 is 4.39 Å². The smallest absolute Gasteiger partial charge is 0.123 e. The van der Waals surface area contributed by atoms with Gasteiger partial charge in [-0.05, 0) is 51.2 Å². The van der Waals surface area contributed by atoms with Crippen LogP contribution >= 0.6 is 0 Å². The minimum absolute atomic E-state index is 0.0494. The van der Waals surface area contributed by atoms with Crippen molar-refractivity contribution in [3.8, 4) is 0 Å². The topological polar surface area (TPSA) is 15.3 Å². The van der Waals surface area contributed by atoms with Gasteiger partial charge < -0.3 is 10.2 Å². The molecule has 108 valence electrons. The molecule has 0 aliphatic carbocycles. The van der Waals surface area contributed by atoms with E-state index in [-0.39, 0.29) is 17.4 Å². The van der Waals surface area contributed by atoms with E-state index in [1.165, 1.54) is 0 Å². The number of benzene rings is 1. The molecular formula is C16H27FN2. The predicted molar refractivity (Wildman–Crippen MR) is 79.8 cm³/mol. The Morgan fingerprint density at radius 1 is 1.11 bits per heavy atom. The molecule has 1 unspecified atom stereocenters. The van der Waals surface area contributed by atoms with Crippen LogP contribution in [0.1, 0.15) is 45.2 Å². The molecule has 0 saturated carbocycles. The quantitative estimate of drug-likeness (QED) is 0.811. The van der Waals surface area contributed by atoms with Crippen molar-refractivity contribution in [3.63, 3.8) is 0 Å². The van der Waals surface area contributed by atoms with Gasteiger partial charge in [0.1, 0.15) is 5.82 Å². The predicted octanol–water partition coefficient (Wildman–Crippen LogP) is 3.60. The number of halogens is 1. The Bertz CT molecular complexity index is 369. The molecule has 0 aromatic heterocycles. The summed E-state index contributed by atoms with van der Waals surface area (Å²) in [6, 6.07) is 7.10. The lowest BCUT2D eigenvalue weighted by Gasteiger charge is -2.45. The molecule has 1 aromatic rings. The maximum Gasteiger partial charge on any atom is 0.123 e. The first-order valence-electron chi connectivity index (χ1n) is 7.18. The Kier molecular flexibility index (Phi) is 5.95. The third-order valence-electron chi connectivity index (χ3n) is 4.26. The van der Waals surface area contributed by atoms with Crippen molar-refractivity contribution in [1.29, 1.82) is 0 Å². The van der Waals surface area contributed by atoms with Gasteiger partial charge in [0.2, 0.25) is 0 Å². The second-order valence-electron chi connectivity index (χ2n) is 5.25. The summed E-state index contributed by atoms with van der Waals surface area (Å²) in [5.74, 6) is -0.178. The van der Waals surface area contributed by atoms with E-state index < -0.39 is 0 Å². The molecule has 0 saturated heterocycles. The summed E-state index contributed by atoms with van der Waals surface area (Å²) in [7, 11) is 4.25. The van der Waals surface area contributed by atoms with Crippen LogP contribution in [0.25, 0.3) is 0 Å². The van der Waals surface area contributed by atoms with Crippen LogP contribution in [0.5, 0.6) is 0 Å². The maximum atomic E-state index is 13.1. The van der Waals surface area contributed by atoms with Gasteiger partial charge in [-0.15, -0.1) is 0 Å². The number of hydrogen-bond donors (Lipinski definition) is 1. The van der Waals surface area contributed by atoms with Crippen molar-refractivity contribution >= 4 is 0 Å². The van der Waals surface area contributed by atoms with Gasteiger partial charge in [0.15, 0.2) is 0 Å². The Balaban J connectivity index is 3.20. The van der Waals surface area contributed by atoms with E-state index >= 15 is 0 Å². The van der Waals surface area contributed by atoms with E-state index in [9.17, 15) is 4.39 Å². The van der Waals surface area contributed by atoms with Crippen LogP contribution in [0.2, 0.25) is 0 Å². The third kappa shape index (κ3) is 3.34. The molecule has 19 heavy (non-hydrogen) atoms. The molecule has 1 aromatic carbocycles. The van der Waals surface area contributed by atoms with Crippen LogP contribution < -0.4 is 5.32 Å². The second kappa shape index (κ2) is 7.01. The zero-order valence-electron chi connectivity index (χ0n) is 12.8. The SMILES string of the molecule is CCNC(c1ccc(F)cc1)C(CC)(CC)N(C)C. The summed E-state index contributed by atoms with van der Waals surface area (Å²) in [6.07, 6.45) is 2.09. The fourth-order valence-electron chi connectivity index (χ4n) is 3.03. The lowest BCUT2D eigenvalue weighted by Crippen LogP contribution is -2.53. The van der Waals surface area contributed by atoms with Crippen molar-refractivity contribution in [2.75, 3.05) is 20.6 Å². The van der Waals surface area contributed by atoms with Crippen molar-refractivity contribution in [2.45, 2.75) is 45.2 Å². The average Bonchev–Trinajstić information content (AvgIpc) is 2.40. The molecule has 1 rings (SSSR count). The van der Waals surface area contributed by atoms with Gasteiger partial charge in [-0.25, -0.2) is 4.39 Å². The van der Waals surface area contributed by atoms with Gasteiger partial charge in [-0.2, -0.15) is 0 Å². The van der Waals surface area contributed by atoms with E-state index in [2.05, 4.69) is 45.1 Å². The molecule has 0 fully saturated rings. The highest BCUT2D eigenvalue weighted by atomic mass is 19.1. The molecule has 0 aliphatic rings. The highest BCUT2D eigenvalue weighted by Crippen LogP contribution is 2.35. The molecule has 0 bridgehead atoms. The molecule has 2 nitrogen and oxygen atoms in total. The maximum absolute atomic E-state index is 13.1. The Morgan fingerprint density at radius 3 is 2.00 bits per heavy atom. The van der Waals surface area contributed by atoms with Crippen LogP contribution in [0.4, 0.5) is 4.39 Å². The van der Waals surface area contributed by atoms with E-state index in [0.717, 1.165) is 24.9 Å². The summed E-state index contributed by atoms with van der Waals surface area (Å²) in [4.78, 5) is 2.30. The van der Waals surface area contributed by atoms with Gasteiger partial charge >= 0.3 is 0 Å². The van der Waals surface area contributed by atoms with Crippen LogP contribution in [0.15, 0.2) is 24.3 Å². The summed E-state index contributed by atoms with van der Waals surface area (Å²) in [5, 5.41) is 3.58. The normalized spacial score (nSPS) is 13.8. The minimum atomic E-state index is -0.178. The Hall–Kier alpha value is -0.930. The minimum Gasteiger partial charge on any atom is -0.309 e. The summed E-state index contributed by atoms with van der Waals surface area (Å²) in [5.41, 5.74) is 1.20. The van der Waals surface area contributed by atoms with E-state index in [1.807, 2.05) is 12.1 Å². The molecule has 0 heterocycles. The van der Waals surface area contributed by atoms with Gasteiger partial charge in [-0.1, -0.05) is 32.9 Å². The van der Waals surface area contributed by atoms with E-state index in [0.29, 0.717) is 0 Å². The molecule has 3 heteroatoms. The van der Waals surface area contributed by atoms with Crippen LogP contribution in [0, 0.1) is 5.82 Å². The summed E-state index contributed by atoms with van der Waals surface area (Å²) in [6.45, 7) is 7.45. The first-order valence-corrected chi connectivity index (χ1v) is 7.18. The highest BCUT2D eigenvalue weighted by molar-refractivity contribution is 5.24. The summed E-state index contributed by atoms with van der Waals surface area (Å²) >= 11 is 0. The fourth-order valence-corrected chi connectivity index (χ4v) is 3.03. The number of hydrogen-bond acceptors (Lipinski definition) is 2. The van der Waals surface area contributed by atoms with Crippen molar-refractivity contribution in [1.82, 2.24) is 10.2 Å². The lowest BCUT2D eigenvalue weighted by molar-refractivity contribution is 0.0888. The van der Waals surface area contributed by atoms with E-state index in [4.69, 9.17) is 0 Å². The van der Waals surface area contributed by atoms with Crippen LogP contribution in [-0.4, -0.2) is 31.1 Å². The average molecular weight is 266 g/mol. The van der Waals surface area contributed by atoms with Crippen molar-refractivity contribution in [2.24, 2.45) is 0 Å². The number of nitrogens with zero attached hydrogens (tertiary/aromatic N) is 1. The summed E-state index contributed by atoms with van der Waals surface area (Å²) < 4.78 is 13.1. The molecule has 0 spiro atoms. The number of nitrogens with one attached hydrogen (secondary N) is 1.